The zero-order valence-electron chi connectivity index (χ0n) is 12.7. The van der Waals surface area contributed by atoms with Gasteiger partial charge in [-0.2, -0.15) is 0 Å². The minimum absolute atomic E-state index is 0.686. The number of rotatable bonds is 3. The first kappa shape index (κ1) is 13.6. The van der Waals surface area contributed by atoms with Gasteiger partial charge in [0, 0.05) is 28.1 Å². The Morgan fingerprint density at radius 1 is 0.870 bits per heavy atom. The second-order valence-corrected chi connectivity index (χ2v) is 5.45. The van der Waals surface area contributed by atoms with E-state index in [1.54, 1.807) is 7.11 Å². The average molecular weight is 301 g/mol. The molecule has 0 aliphatic heterocycles. The molecule has 0 N–H and O–H groups in total. The van der Waals surface area contributed by atoms with Crippen molar-refractivity contribution in [3.8, 4) is 11.4 Å². The van der Waals surface area contributed by atoms with E-state index in [0.717, 1.165) is 39.5 Å². The van der Waals surface area contributed by atoms with Crippen molar-refractivity contribution in [3.63, 3.8) is 0 Å². The van der Waals surface area contributed by atoms with Crippen molar-refractivity contribution in [2.24, 2.45) is 0 Å². The number of ether oxygens (including phenoxy) is 1. The number of hydrogen-bond acceptors (Lipinski definition) is 2. The lowest BCUT2D eigenvalue weighted by atomic mass is 10.1. The summed E-state index contributed by atoms with van der Waals surface area (Å²) < 4.78 is 7.55. The zero-order valence-corrected chi connectivity index (χ0v) is 12.7. The smallest absolute Gasteiger partial charge is 0.150 e. The maximum absolute atomic E-state index is 11.1. The molecule has 112 valence electrons. The van der Waals surface area contributed by atoms with Gasteiger partial charge in [0.15, 0.2) is 0 Å². The third-order valence-electron chi connectivity index (χ3n) is 4.14. The highest BCUT2D eigenvalue weighted by Crippen LogP contribution is 2.33. The number of carbonyl (C=O) groups excluding carboxylic acids is 1. The number of fused-ring (bicyclic) bond motifs is 3. The summed E-state index contributed by atoms with van der Waals surface area (Å²) in [7, 11) is 1.67. The Balaban J connectivity index is 2.13. The zero-order chi connectivity index (χ0) is 15.8. The summed E-state index contributed by atoms with van der Waals surface area (Å²) in [5.41, 5.74) is 3.91. The van der Waals surface area contributed by atoms with Crippen LogP contribution in [0.2, 0.25) is 0 Å². The average Bonchev–Trinajstić information content (AvgIpc) is 2.95. The first-order chi connectivity index (χ1) is 11.3. The van der Waals surface area contributed by atoms with Gasteiger partial charge in [0.2, 0.25) is 0 Å². The van der Waals surface area contributed by atoms with Gasteiger partial charge < -0.3 is 9.30 Å². The van der Waals surface area contributed by atoms with E-state index < -0.39 is 0 Å². The molecule has 4 rings (SSSR count). The summed E-state index contributed by atoms with van der Waals surface area (Å²) in [5.74, 6) is 0.818. The van der Waals surface area contributed by atoms with Crippen LogP contribution in [-0.4, -0.2) is 18.0 Å². The fourth-order valence-electron chi connectivity index (χ4n) is 3.09. The highest BCUT2D eigenvalue weighted by molar-refractivity contribution is 6.10. The monoisotopic (exact) mass is 301 g/mol. The molecule has 0 unspecified atom stereocenters. The number of benzene rings is 3. The predicted octanol–water partition coefficient (Wildman–Crippen LogP) is 4.60. The van der Waals surface area contributed by atoms with Crippen molar-refractivity contribution >= 4 is 28.1 Å². The van der Waals surface area contributed by atoms with Crippen LogP contribution in [0, 0.1) is 0 Å². The van der Waals surface area contributed by atoms with Gasteiger partial charge in [-0.3, -0.25) is 4.79 Å². The van der Waals surface area contributed by atoms with Gasteiger partial charge in [0.1, 0.15) is 12.0 Å². The van der Waals surface area contributed by atoms with Crippen molar-refractivity contribution in [2.75, 3.05) is 7.11 Å². The molecule has 1 heterocycles. The third kappa shape index (κ3) is 2.09. The van der Waals surface area contributed by atoms with Crippen molar-refractivity contribution in [3.05, 3.63) is 72.3 Å². The highest BCUT2D eigenvalue weighted by atomic mass is 16.5. The van der Waals surface area contributed by atoms with Gasteiger partial charge in [0.05, 0.1) is 18.1 Å². The SMILES string of the molecule is COc1cccc(-n2c3ccccc3c3cc(C=O)ccc32)c1. The molecule has 0 aliphatic carbocycles. The second-order valence-electron chi connectivity index (χ2n) is 5.45. The summed E-state index contributed by atoms with van der Waals surface area (Å²) >= 11 is 0. The molecule has 0 bridgehead atoms. The predicted molar refractivity (Wildman–Crippen MR) is 92.7 cm³/mol. The lowest BCUT2D eigenvalue weighted by Gasteiger charge is -2.09. The third-order valence-corrected chi connectivity index (χ3v) is 4.14. The van der Waals surface area contributed by atoms with Crippen molar-refractivity contribution in [2.45, 2.75) is 0 Å². The Morgan fingerprint density at radius 2 is 1.70 bits per heavy atom. The largest absolute Gasteiger partial charge is 0.497 e. The van der Waals surface area contributed by atoms with Crippen molar-refractivity contribution in [1.82, 2.24) is 4.57 Å². The molecule has 23 heavy (non-hydrogen) atoms. The summed E-state index contributed by atoms with van der Waals surface area (Å²) in [5, 5.41) is 2.21. The Bertz CT molecular complexity index is 1030. The second kappa shape index (κ2) is 5.29. The van der Waals surface area contributed by atoms with Crippen LogP contribution in [0.5, 0.6) is 5.75 Å². The lowest BCUT2D eigenvalue weighted by molar-refractivity contribution is 0.112. The lowest BCUT2D eigenvalue weighted by Crippen LogP contribution is -1.94. The topological polar surface area (TPSA) is 31.2 Å². The molecule has 0 amide bonds. The van der Waals surface area contributed by atoms with Crippen molar-refractivity contribution < 1.29 is 9.53 Å². The molecule has 4 aromatic rings. The van der Waals surface area contributed by atoms with E-state index in [1.165, 1.54) is 0 Å². The summed E-state index contributed by atoms with van der Waals surface area (Å²) in [6.45, 7) is 0. The maximum Gasteiger partial charge on any atom is 0.150 e. The number of aromatic nitrogens is 1. The van der Waals surface area contributed by atoms with Gasteiger partial charge in [-0.05, 0) is 36.4 Å². The molecule has 0 spiro atoms. The van der Waals surface area contributed by atoms with Gasteiger partial charge in [-0.1, -0.05) is 24.3 Å². The Kier molecular flexibility index (Phi) is 3.12. The fourth-order valence-corrected chi connectivity index (χ4v) is 3.09. The number of nitrogens with zero attached hydrogens (tertiary/aromatic N) is 1. The standard InChI is InChI=1S/C20H15NO2/c1-23-16-6-4-5-15(12-16)21-19-8-3-2-7-17(19)18-11-14(13-22)9-10-20(18)21/h2-13H,1H3. The van der Waals surface area contributed by atoms with Crippen LogP contribution in [0.1, 0.15) is 10.4 Å². The number of para-hydroxylation sites is 1. The summed E-state index contributed by atoms with van der Waals surface area (Å²) in [4.78, 5) is 11.1. The van der Waals surface area contributed by atoms with Crippen molar-refractivity contribution in [1.29, 1.82) is 0 Å². The van der Waals surface area contributed by atoms with Gasteiger partial charge in [-0.25, -0.2) is 0 Å². The molecule has 3 aromatic carbocycles. The van der Waals surface area contributed by atoms with E-state index in [9.17, 15) is 4.79 Å². The van der Waals surface area contributed by atoms with E-state index in [1.807, 2.05) is 48.5 Å². The van der Waals surface area contributed by atoms with Gasteiger partial charge >= 0.3 is 0 Å². The Hall–Kier alpha value is -3.07. The Labute approximate surface area is 133 Å². The van der Waals surface area contributed by atoms with Crippen LogP contribution < -0.4 is 4.74 Å². The molecule has 0 saturated heterocycles. The molecule has 3 nitrogen and oxygen atoms in total. The number of hydrogen-bond donors (Lipinski definition) is 0. The van der Waals surface area contributed by atoms with Crippen LogP contribution in [-0.2, 0) is 0 Å². The normalized spacial score (nSPS) is 11.0. The minimum atomic E-state index is 0.686. The summed E-state index contributed by atoms with van der Waals surface area (Å²) in [6, 6.07) is 22.0. The van der Waals surface area contributed by atoms with Crippen LogP contribution in [0.4, 0.5) is 0 Å². The summed E-state index contributed by atoms with van der Waals surface area (Å²) in [6.07, 6.45) is 0.886. The molecule has 0 radical (unpaired) electrons. The van der Waals surface area contributed by atoms with E-state index in [0.29, 0.717) is 5.56 Å². The van der Waals surface area contributed by atoms with Crippen LogP contribution in [0.25, 0.3) is 27.5 Å². The molecule has 1 aromatic heterocycles. The van der Waals surface area contributed by atoms with E-state index >= 15 is 0 Å². The molecule has 0 saturated carbocycles. The molecular weight excluding hydrogens is 286 g/mol. The molecule has 0 aliphatic rings. The molecule has 0 atom stereocenters. The van der Waals surface area contributed by atoms with E-state index in [2.05, 4.69) is 22.8 Å². The van der Waals surface area contributed by atoms with Crippen LogP contribution in [0.3, 0.4) is 0 Å². The van der Waals surface area contributed by atoms with E-state index in [-0.39, 0.29) is 0 Å². The Morgan fingerprint density at radius 3 is 2.52 bits per heavy atom. The number of methoxy groups -OCH3 is 1. The van der Waals surface area contributed by atoms with E-state index in [4.69, 9.17) is 4.74 Å². The van der Waals surface area contributed by atoms with Crippen LogP contribution in [0.15, 0.2) is 66.7 Å². The number of carbonyl (C=O) groups is 1. The fraction of sp³-hybridized carbons (Fsp3) is 0.0500. The number of aldehydes is 1. The van der Waals surface area contributed by atoms with Gasteiger partial charge in [0.25, 0.3) is 0 Å². The van der Waals surface area contributed by atoms with Crippen LogP contribution >= 0.6 is 0 Å². The molecular formula is C20H15NO2. The first-order valence-corrected chi connectivity index (χ1v) is 7.44. The molecule has 0 fully saturated rings. The molecule has 3 heteroatoms. The van der Waals surface area contributed by atoms with Gasteiger partial charge in [-0.15, -0.1) is 0 Å². The minimum Gasteiger partial charge on any atom is -0.497 e. The maximum atomic E-state index is 11.1. The highest BCUT2D eigenvalue weighted by Gasteiger charge is 2.12. The first-order valence-electron chi connectivity index (χ1n) is 7.44. The quantitative estimate of drug-likeness (QED) is 0.518.